The monoisotopic (exact) mass is 293 g/mol. The van der Waals surface area contributed by atoms with Crippen LogP contribution in [0.5, 0.6) is 0 Å². The van der Waals surface area contributed by atoms with Crippen molar-refractivity contribution >= 4 is 12.1 Å². The van der Waals surface area contributed by atoms with Gasteiger partial charge in [-0.1, -0.05) is 30.3 Å². The second kappa shape index (κ2) is 10.0. The van der Waals surface area contributed by atoms with Gasteiger partial charge in [-0.2, -0.15) is 0 Å². The minimum atomic E-state index is -1.39. The van der Waals surface area contributed by atoms with Gasteiger partial charge in [0.25, 0.3) is 0 Å². The quantitative estimate of drug-likeness (QED) is 0.770. The Hall–Kier alpha value is -0.820. The second-order valence-electron chi connectivity index (χ2n) is 3.48. The number of aliphatic hydroxyl groups excluding tert-OH is 1. The Morgan fingerprint density at radius 3 is 2.53 bits per heavy atom. The SMILES string of the molecule is COC(=O)[C@@H](O)CNC(=O)OCc1ccccc1.[Ar]. The van der Waals surface area contributed by atoms with Crippen LogP contribution < -0.4 is 5.32 Å². The molecule has 0 saturated carbocycles. The maximum atomic E-state index is 11.2. The summed E-state index contributed by atoms with van der Waals surface area (Å²) < 4.78 is 9.17. The number of amides is 1. The van der Waals surface area contributed by atoms with E-state index in [1.807, 2.05) is 30.3 Å². The molecule has 0 bridgehead atoms. The summed E-state index contributed by atoms with van der Waals surface area (Å²) in [6.07, 6.45) is -2.10. The molecule has 19 heavy (non-hydrogen) atoms. The molecule has 1 aromatic rings. The molecule has 1 aromatic carbocycles. The van der Waals surface area contributed by atoms with E-state index in [-0.39, 0.29) is 50.9 Å². The van der Waals surface area contributed by atoms with Gasteiger partial charge in [0.15, 0.2) is 6.10 Å². The molecular weight excluding hydrogens is 278 g/mol. The fourth-order valence-electron chi connectivity index (χ4n) is 1.17. The number of esters is 1. The number of nitrogens with one attached hydrogen (secondary N) is 1. The van der Waals surface area contributed by atoms with Crippen LogP contribution in [0.1, 0.15) is 5.56 Å². The van der Waals surface area contributed by atoms with Crippen LogP contribution >= 0.6 is 0 Å². The van der Waals surface area contributed by atoms with E-state index >= 15 is 0 Å². The number of hydrogen-bond donors (Lipinski definition) is 2. The van der Waals surface area contributed by atoms with Crippen molar-refractivity contribution in [3.8, 4) is 0 Å². The Morgan fingerprint density at radius 1 is 1.32 bits per heavy atom. The average Bonchev–Trinajstić information content (AvgIpc) is 2.42. The molecule has 0 aliphatic rings. The van der Waals surface area contributed by atoms with Crippen molar-refractivity contribution in [3.63, 3.8) is 0 Å². The van der Waals surface area contributed by atoms with E-state index in [0.717, 1.165) is 12.7 Å². The third kappa shape index (κ3) is 7.37. The summed E-state index contributed by atoms with van der Waals surface area (Å²) in [4.78, 5) is 22.1. The van der Waals surface area contributed by atoms with E-state index in [2.05, 4.69) is 10.1 Å². The van der Waals surface area contributed by atoms with E-state index in [9.17, 15) is 14.7 Å². The summed E-state index contributed by atoms with van der Waals surface area (Å²) >= 11 is 0. The van der Waals surface area contributed by atoms with Gasteiger partial charge in [-0.15, -0.1) is 0 Å². The predicted molar refractivity (Wildman–Crippen MR) is 62.7 cm³/mol. The van der Waals surface area contributed by atoms with Crippen molar-refractivity contribution in [2.75, 3.05) is 13.7 Å². The van der Waals surface area contributed by atoms with Crippen LogP contribution in [0.4, 0.5) is 4.79 Å². The van der Waals surface area contributed by atoms with Gasteiger partial charge in [0.05, 0.1) is 13.7 Å². The van der Waals surface area contributed by atoms with Gasteiger partial charge in [0.2, 0.25) is 0 Å². The molecule has 1 atom stereocenters. The van der Waals surface area contributed by atoms with Crippen molar-refractivity contribution < 1.29 is 61.9 Å². The number of alkyl carbamates (subject to hydrolysis) is 1. The molecule has 0 radical (unpaired) electrons. The van der Waals surface area contributed by atoms with Crippen molar-refractivity contribution in [3.05, 3.63) is 35.9 Å². The van der Waals surface area contributed by atoms with Crippen LogP contribution in [0, 0.1) is 37.7 Å². The first kappa shape index (κ1) is 18.2. The Morgan fingerprint density at radius 2 is 1.95 bits per heavy atom. The minimum absolute atomic E-state index is 0. The number of benzene rings is 1. The fraction of sp³-hybridized carbons (Fsp3) is 0.333. The van der Waals surface area contributed by atoms with Crippen LogP contribution in [-0.4, -0.2) is 36.9 Å². The van der Waals surface area contributed by atoms with Gasteiger partial charge < -0.3 is 19.9 Å². The van der Waals surface area contributed by atoms with Crippen LogP contribution in [0.25, 0.3) is 0 Å². The Bertz CT molecular complexity index is 398. The maximum absolute atomic E-state index is 11.2. The molecule has 106 valence electrons. The second-order valence-corrected chi connectivity index (χ2v) is 3.48. The summed E-state index contributed by atoms with van der Waals surface area (Å²) in [6, 6.07) is 9.15. The van der Waals surface area contributed by atoms with Crippen molar-refractivity contribution in [2.45, 2.75) is 12.7 Å². The zero-order valence-corrected chi connectivity index (χ0v) is 11.0. The van der Waals surface area contributed by atoms with Crippen LogP contribution in [-0.2, 0) is 20.9 Å². The molecular formula is C12H15ArNO5. The molecule has 6 nitrogen and oxygen atoms in total. The maximum Gasteiger partial charge on any atom is 0.407 e. The Labute approximate surface area is 141 Å². The number of ether oxygens (including phenoxy) is 2. The summed E-state index contributed by atoms with van der Waals surface area (Å²) in [6.45, 7) is -0.124. The zero-order valence-electron chi connectivity index (χ0n) is 10.3. The number of hydrogen-bond acceptors (Lipinski definition) is 5. The smallest absolute Gasteiger partial charge is 0.407 e. The number of rotatable bonds is 5. The van der Waals surface area contributed by atoms with E-state index in [1.54, 1.807) is 0 Å². The molecule has 2 N–H and O–H groups in total. The standard InChI is InChI=1S/C12H15NO5.Ar/c1-17-11(15)10(14)7-13-12(16)18-8-9-5-3-2-4-6-9;/h2-6,10,14H,7-8H2,1H3,(H,13,16);/t10-;/m0./s1. The zero-order chi connectivity index (χ0) is 13.4. The van der Waals surface area contributed by atoms with E-state index < -0.39 is 18.2 Å². The van der Waals surface area contributed by atoms with Crippen LogP contribution in [0.3, 0.4) is 0 Å². The van der Waals surface area contributed by atoms with Crippen molar-refractivity contribution in [2.24, 2.45) is 0 Å². The largest absolute Gasteiger partial charge is 0.467 e. The minimum Gasteiger partial charge on any atom is -0.467 e. The van der Waals surface area contributed by atoms with Gasteiger partial charge in [-0.25, -0.2) is 9.59 Å². The van der Waals surface area contributed by atoms with Gasteiger partial charge in [0.1, 0.15) is 6.61 Å². The first-order chi connectivity index (χ1) is 8.63. The molecule has 0 heterocycles. The average molecular weight is 293 g/mol. The molecule has 0 saturated heterocycles. The first-order valence-corrected chi connectivity index (χ1v) is 5.34. The molecule has 0 aliphatic heterocycles. The molecule has 0 unspecified atom stereocenters. The number of methoxy groups -OCH3 is 1. The molecule has 7 heteroatoms. The molecule has 0 spiro atoms. The molecule has 0 fully saturated rings. The normalized spacial score (nSPS) is 10.8. The molecule has 1 amide bonds. The Balaban J connectivity index is 0.00000324. The van der Waals surface area contributed by atoms with E-state index in [4.69, 9.17) is 4.74 Å². The van der Waals surface area contributed by atoms with Crippen LogP contribution in [0.15, 0.2) is 30.3 Å². The number of carbonyl (C=O) groups is 2. The molecule has 0 aromatic heterocycles. The van der Waals surface area contributed by atoms with Gasteiger partial charge >= 0.3 is 12.1 Å². The van der Waals surface area contributed by atoms with Gasteiger partial charge in [-0.05, 0) is 5.56 Å². The predicted octanol–water partition coefficient (Wildman–Crippen LogP) is 0.447. The fourth-order valence-corrected chi connectivity index (χ4v) is 1.17. The Kier molecular flexibility index (Phi) is 9.59. The van der Waals surface area contributed by atoms with Crippen molar-refractivity contribution in [1.82, 2.24) is 5.32 Å². The van der Waals surface area contributed by atoms with Crippen LogP contribution in [0.2, 0.25) is 0 Å². The molecule has 0 aliphatic carbocycles. The third-order valence-electron chi connectivity index (χ3n) is 2.13. The summed E-state index contributed by atoms with van der Waals surface area (Å²) in [5.74, 6) is -0.807. The van der Waals surface area contributed by atoms with E-state index in [0.29, 0.717) is 0 Å². The summed E-state index contributed by atoms with van der Waals surface area (Å²) in [7, 11) is 1.15. The summed E-state index contributed by atoms with van der Waals surface area (Å²) in [5.41, 5.74) is 0.848. The van der Waals surface area contributed by atoms with E-state index in [1.165, 1.54) is 0 Å². The van der Waals surface area contributed by atoms with Crippen molar-refractivity contribution in [1.29, 1.82) is 0 Å². The third-order valence-corrected chi connectivity index (χ3v) is 2.13. The van der Waals surface area contributed by atoms with Gasteiger partial charge in [-0.3, -0.25) is 0 Å². The number of carbonyl (C=O) groups excluding carboxylic acids is 2. The van der Waals surface area contributed by atoms with Gasteiger partial charge in [0, 0.05) is 37.7 Å². The number of aliphatic hydroxyl groups is 1. The summed E-state index contributed by atoms with van der Waals surface area (Å²) in [5, 5.41) is 11.5. The topological polar surface area (TPSA) is 84.9 Å². The molecule has 1 rings (SSSR count). The first-order valence-electron chi connectivity index (χ1n) is 5.34.